The second kappa shape index (κ2) is 8.71. The van der Waals surface area contributed by atoms with Crippen molar-refractivity contribution < 1.29 is 23.8 Å². The summed E-state index contributed by atoms with van der Waals surface area (Å²) in [6.45, 7) is 4.82. The van der Waals surface area contributed by atoms with E-state index in [1.807, 2.05) is 32.0 Å². The molecular weight excluding hydrogens is 344 g/mol. The Labute approximate surface area is 159 Å². The van der Waals surface area contributed by atoms with Crippen molar-refractivity contribution in [3.8, 4) is 11.5 Å². The van der Waals surface area contributed by atoms with Crippen LogP contribution < -0.4 is 9.47 Å². The molecule has 2 aromatic rings. The van der Waals surface area contributed by atoms with Gasteiger partial charge in [0.1, 0.15) is 13.2 Å². The summed E-state index contributed by atoms with van der Waals surface area (Å²) in [6, 6.07) is 11.3. The zero-order valence-electron chi connectivity index (χ0n) is 15.7. The first-order chi connectivity index (χ1) is 13.1. The molecule has 2 aromatic carbocycles. The predicted octanol–water partition coefficient (Wildman–Crippen LogP) is 3.55. The Morgan fingerprint density at radius 1 is 0.926 bits per heavy atom. The van der Waals surface area contributed by atoms with Crippen LogP contribution in [-0.2, 0) is 28.8 Å². The van der Waals surface area contributed by atoms with E-state index in [0.29, 0.717) is 30.3 Å². The van der Waals surface area contributed by atoms with Crippen LogP contribution in [0, 0.1) is 0 Å². The van der Waals surface area contributed by atoms with E-state index in [0.717, 1.165) is 29.5 Å². The van der Waals surface area contributed by atoms with Gasteiger partial charge in [0.05, 0.1) is 6.42 Å². The molecule has 0 saturated carbocycles. The number of fused-ring (bicyclic) bond motifs is 1. The van der Waals surface area contributed by atoms with Gasteiger partial charge in [-0.15, -0.1) is 0 Å². The summed E-state index contributed by atoms with van der Waals surface area (Å²) in [5.74, 6) is 0.699. The van der Waals surface area contributed by atoms with Crippen LogP contribution in [0.5, 0.6) is 11.5 Å². The molecule has 0 atom stereocenters. The van der Waals surface area contributed by atoms with E-state index in [1.165, 1.54) is 0 Å². The van der Waals surface area contributed by atoms with E-state index in [1.54, 1.807) is 18.2 Å². The molecule has 0 amide bonds. The van der Waals surface area contributed by atoms with E-state index in [4.69, 9.17) is 14.2 Å². The van der Waals surface area contributed by atoms with Crippen molar-refractivity contribution in [3.63, 3.8) is 0 Å². The van der Waals surface area contributed by atoms with E-state index in [2.05, 4.69) is 0 Å². The fourth-order valence-electron chi connectivity index (χ4n) is 3.05. The average molecular weight is 368 g/mol. The highest BCUT2D eigenvalue weighted by molar-refractivity contribution is 5.99. The second-order valence-corrected chi connectivity index (χ2v) is 6.44. The molecule has 1 aliphatic rings. The molecule has 142 valence electrons. The van der Waals surface area contributed by atoms with E-state index >= 15 is 0 Å². The second-order valence-electron chi connectivity index (χ2n) is 6.44. The van der Waals surface area contributed by atoms with Gasteiger partial charge in [-0.05, 0) is 47.7 Å². The van der Waals surface area contributed by atoms with Crippen LogP contribution in [0.4, 0.5) is 0 Å². The highest BCUT2D eigenvalue weighted by Crippen LogP contribution is 2.30. The van der Waals surface area contributed by atoms with Gasteiger partial charge >= 0.3 is 5.97 Å². The lowest BCUT2D eigenvalue weighted by Gasteiger charge is -2.18. The summed E-state index contributed by atoms with van der Waals surface area (Å²) < 4.78 is 16.2. The van der Waals surface area contributed by atoms with Gasteiger partial charge in [-0.25, -0.2) is 0 Å². The molecule has 0 unspecified atom stereocenters. The number of Topliss-reactive ketones (excluding diaryl/α,β-unsaturated/α-hetero) is 1. The van der Waals surface area contributed by atoms with Crippen molar-refractivity contribution in [2.24, 2.45) is 0 Å². The van der Waals surface area contributed by atoms with Crippen molar-refractivity contribution in [1.29, 1.82) is 0 Å². The fraction of sp³-hybridized carbons (Fsp3) is 0.364. The lowest BCUT2D eigenvalue weighted by molar-refractivity contribution is -0.141. The van der Waals surface area contributed by atoms with Crippen LogP contribution in [0.15, 0.2) is 36.4 Å². The van der Waals surface area contributed by atoms with E-state index in [-0.39, 0.29) is 18.8 Å². The van der Waals surface area contributed by atoms with Crippen molar-refractivity contribution >= 4 is 11.8 Å². The summed E-state index contributed by atoms with van der Waals surface area (Å²) >= 11 is 0. The monoisotopic (exact) mass is 368 g/mol. The van der Waals surface area contributed by atoms with Gasteiger partial charge in [0, 0.05) is 5.56 Å². The molecule has 1 aliphatic heterocycles. The number of hydrogen-bond donors (Lipinski definition) is 0. The molecule has 0 aromatic heterocycles. The number of carbonyl (C=O) groups is 2. The number of ether oxygens (including phenoxy) is 3. The first kappa shape index (κ1) is 19.0. The number of rotatable bonds is 7. The first-order valence-electron chi connectivity index (χ1n) is 9.29. The van der Waals surface area contributed by atoms with Gasteiger partial charge < -0.3 is 14.2 Å². The standard InChI is InChI=1S/C22H24O5/c1-3-15-5-7-17(4-2)18(11-15)19(23)14-27-22(24)13-16-6-8-20-21(12-16)26-10-9-25-20/h5-8,11-12H,3-4,9-10,13-14H2,1-2H3. The van der Waals surface area contributed by atoms with Crippen LogP contribution in [0.1, 0.15) is 40.9 Å². The summed E-state index contributed by atoms with van der Waals surface area (Å²) in [6.07, 6.45) is 1.70. The van der Waals surface area contributed by atoms with Gasteiger partial charge in [-0.2, -0.15) is 0 Å². The third-order valence-electron chi connectivity index (χ3n) is 4.58. The molecule has 0 N–H and O–H groups in total. The minimum absolute atomic E-state index is 0.0829. The van der Waals surface area contributed by atoms with Gasteiger partial charge in [0.2, 0.25) is 5.78 Å². The number of esters is 1. The quantitative estimate of drug-likeness (QED) is 0.552. The maximum atomic E-state index is 12.5. The third kappa shape index (κ3) is 4.67. The number of ketones is 1. The molecule has 5 nitrogen and oxygen atoms in total. The Morgan fingerprint density at radius 3 is 2.41 bits per heavy atom. The molecule has 0 aliphatic carbocycles. The minimum atomic E-state index is -0.440. The van der Waals surface area contributed by atoms with Crippen LogP contribution in [0.25, 0.3) is 0 Å². The van der Waals surface area contributed by atoms with E-state index < -0.39 is 5.97 Å². The number of carbonyl (C=O) groups excluding carboxylic acids is 2. The van der Waals surface area contributed by atoms with Crippen molar-refractivity contribution in [2.75, 3.05) is 19.8 Å². The highest BCUT2D eigenvalue weighted by atomic mass is 16.6. The van der Waals surface area contributed by atoms with Gasteiger partial charge in [0.25, 0.3) is 0 Å². The largest absolute Gasteiger partial charge is 0.486 e. The Kier molecular flexibility index (Phi) is 6.12. The zero-order chi connectivity index (χ0) is 19.2. The average Bonchev–Trinajstić information content (AvgIpc) is 2.71. The summed E-state index contributed by atoms with van der Waals surface area (Å²) in [5, 5.41) is 0. The number of hydrogen-bond acceptors (Lipinski definition) is 5. The number of benzene rings is 2. The van der Waals surface area contributed by atoms with Crippen LogP contribution in [0.3, 0.4) is 0 Å². The lowest BCUT2D eigenvalue weighted by atomic mass is 9.98. The molecule has 0 saturated heterocycles. The topological polar surface area (TPSA) is 61.8 Å². The maximum absolute atomic E-state index is 12.5. The van der Waals surface area contributed by atoms with E-state index in [9.17, 15) is 9.59 Å². The highest BCUT2D eigenvalue weighted by Gasteiger charge is 2.16. The van der Waals surface area contributed by atoms with Crippen molar-refractivity contribution in [2.45, 2.75) is 33.1 Å². The fourth-order valence-corrected chi connectivity index (χ4v) is 3.05. The third-order valence-corrected chi connectivity index (χ3v) is 4.58. The van der Waals surface area contributed by atoms with Gasteiger partial charge in [-0.3, -0.25) is 9.59 Å². The molecule has 3 rings (SSSR count). The van der Waals surface area contributed by atoms with Crippen LogP contribution >= 0.6 is 0 Å². The zero-order valence-corrected chi connectivity index (χ0v) is 15.7. The van der Waals surface area contributed by atoms with Gasteiger partial charge in [0.15, 0.2) is 18.1 Å². The molecule has 0 spiro atoms. The van der Waals surface area contributed by atoms with Crippen LogP contribution in [0.2, 0.25) is 0 Å². The minimum Gasteiger partial charge on any atom is -0.486 e. The molecular formula is C22H24O5. The van der Waals surface area contributed by atoms with Crippen molar-refractivity contribution in [3.05, 3.63) is 58.7 Å². The molecule has 27 heavy (non-hydrogen) atoms. The number of aryl methyl sites for hydroxylation is 2. The Balaban J connectivity index is 1.60. The Hall–Kier alpha value is -2.82. The summed E-state index contributed by atoms with van der Waals surface area (Å²) in [5.41, 5.74) is 3.47. The van der Waals surface area contributed by atoms with Crippen molar-refractivity contribution in [1.82, 2.24) is 0 Å². The predicted molar refractivity (Wildman–Crippen MR) is 102 cm³/mol. The molecule has 0 bridgehead atoms. The van der Waals surface area contributed by atoms with Crippen LogP contribution in [-0.4, -0.2) is 31.6 Å². The maximum Gasteiger partial charge on any atom is 0.310 e. The molecule has 1 heterocycles. The molecule has 5 heteroatoms. The SMILES string of the molecule is CCc1ccc(CC)c(C(=O)COC(=O)Cc2ccc3c(c2)OCCO3)c1. The Morgan fingerprint density at radius 2 is 1.67 bits per heavy atom. The normalized spacial score (nSPS) is 12.5. The summed E-state index contributed by atoms with van der Waals surface area (Å²) in [7, 11) is 0. The first-order valence-corrected chi connectivity index (χ1v) is 9.29. The smallest absolute Gasteiger partial charge is 0.310 e. The Bertz CT molecular complexity index is 841. The van der Waals surface area contributed by atoms with Gasteiger partial charge in [-0.1, -0.05) is 32.0 Å². The summed E-state index contributed by atoms with van der Waals surface area (Å²) in [4.78, 5) is 24.7. The molecule has 0 radical (unpaired) electrons. The molecule has 0 fully saturated rings. The lowest BCUT2D eigenvalue weighted by Crippen LogP contribution is -2.18.